The van der Waals surface area contributed by atoms with Crippen molar-refractivity contribution in [2.45, 2.75) is 13.3 Å². The predicted octanol–water partition coefficient (Wildman–Crippen LogP) is 3.09. The molecule has 88 valence electrons. The standard InChI is InChI=1S/C13H14ClN3/c1-10-4-2-3-5-11(10)6-8-15-12-7-9-16-13(14)17-12/h2-5,7,9H,6,8H2,1H3,(H,15,16,17). The van der Waals surface area contributed by atoms with E-state index in [1.807, 2.05) is 6.07 Å². The Hall–Kier alpha value is -1.61. The first-order valence-electron chi connectivity index (χ1n) is 5.52. The zero-order valence-electron chi connectivity index (χ0n) is 9.65. The van der Waals surface area contributed by atoms with E-state index in [0.29, 0.717) is 0 Å². The van der Waals surface area contributed by atoms with Crippen molar-refractivity contribution >= 4 is 17.4 Å². The predicted molar refractivity (Wildman–Crippen MR) is 70.4 cm³/mol. The Kier molecular flexibility index (Phi) is 3.94. The van der Waals surface area contributed by atoms with Crippen LogP contribution in [0.2, 0.25) is 5.28 Å². The number of nitrogens with zero attached hydrogens (tertiary/aromatic N) is 2. The average molecular weight is 248 g/mol. The van der Waals surface area contributed by atoms with Gasteiger partial charge in [-0.1, -0.05) is 24.3 Å². The van der Waals surface area contributed by atoms with Gasteiger partial charge in [0.15, 0.2) is 0 Å². The maximum Gasteiger partial charge on any atom is 0.224 e. The first kappa shape index (κ1) is 11.9. The number of rotatable bonds is 4. The van der Waals surface area contributed by atoms with E-state index in [4.69, 9.17) is 11.6 Å². The van der Waals surface area contributed by atoms with Gasteiger partial charge in [0.1, 0.15) is 5.82 Å². The van der Waals surface area contributed by atoms with E-state index in [9.17, 15) is 0 Å². The molecule has 0 aliphatic carbocycles. The zero-order valence-corrected chi connectivity index (χ0v) is 10.4. The van der Waals surface area contributed by atoms with Crippen molar-refractivity contribution in [1.29, 1.82) is 0 Å². The van der Waals surface area contributed by atoms with Crippen molar-refractivity contribution in [2.75, 3.05) is 11.9 Å². The van der Waals surface area contributed by atoms with Crippen LogP contribution in [0.15, 0.2) is 36.5 Å². The summed E-state index contributed by atoms with van der Waals surface area (Å²) in [4.78, 5) is 7.90. The lowest BCUT2D eigenvalue weighted by Crippen LogP contribution is -2.07. The van der Waals surface area contributed by atoms with Crippen LogP contribution in [-0.4, -0.2) is 16.5 Å². The highest BCUT2D eigenvalue weighted by atomic mass is 35.5. The van der Waals surface area contributed by atoms with Crippen molar-refractivity contribution in [1.82, 2.24) is 9.97 Å². The van der Waals surface area contributed by atoms with Gasteiger partial charge in [0, 0.05) is 12.7 Å². The molecule has 0 bridgehead atoms. The van der Waals surface area contributed by atoms with Gasteiger partial charge in [-0.15, -0.1) is 0 Å². The molecule has 1 heterocycles. The van der Waals surface area contributed by atoms with Gasteiger partial charge >= 0.3 is 0 Å². The van der Waals surface area contributed by atoms with E-state index in [2.05, 4.69) is 46.5 Å². The Morgan fingerprint density at radius 2 is 2.06 bits per heavy atom. The largest absolute Gasteiger partial charge is 0.370 e. The lowest BCUT2D eigenvalue weighted by atomic mass is 10.1. The van der Waals surface area contributed by atoms with E-state index in [-0.39, 0.29) is 5.28 Å². The molecule has 0 aliphatic rings. The molecular formula is C13H14ClN3. The van der Waals surface area contributed by atoms with Crippen molar-refractivity contribution in [3.05, 3.63) is 52.9 Å². The number of halogens is 1. The van der Waals surface area contributed by atoms with Gasteiger partial charge in [-0.3, -0.25) is 0 Å². The number of hydrogen-bond acceptors (Lipinski definition) is 3. The first-order chi connectivity index (χ1) is 8.25. The molecule has 0 aliphatic heterocycles. The van der Waals surface area contributed by atoms with Gasteiger partial charge in [-0.2, -0.15) is 0 Å². The highest BCUT2D eigenvalue weighted by Crippen LogP contribution is 2.09. The maximum absolute atomic E-state index is 5.70. The molecule has 0 spiro atoms. The van der Waals surface area contributed by atoms with Crippen LogP contribution in [0.1, 0.15) is 11.1 Å². The van der Waals surface area contributed by atoms with E-state index in [1.54, 1.807) is 6.20 Å². The summed E-state index contributed by atoms with van der Waals surface area (Å²) in [7, 11) is 0. The quantitative estimate of drug-likeness (QED) is 0.844. The molecule has 2 aromatic rings. The molecule has 2 rings (SSSR count). The van der Waals surface area contributed by atoms with Crippen molar-refractivity contribution in [3.63, 3.8) is 0 Å². The van der Waals surface area contributed by atoms with Crippen LogP contribution in [0, 0.1) is 6.92 Å². The maximum atomic E-state index is 5.70. The number of nitrogens with one attached hydrogen (secondary N) is 1. The molecular weight excluding hydrogens is 234 g/mol. The van der Waals surface area contributed by atoms with E-state index in [0.717, 1.165) is 18.8 Å². The van der Waals surface area contributed by atoms with Crippen LogP contribution < -0.4 is 5.32 Å². The van der Waals surface area contributed by atoms with Gasteiger partial charge in [-0.05, 0) is 42.1 Å². The van der Waals surface area contributed by atoms with Crippen molar-refractivity contribution in [2.24, 2.45) is 0 Å². The van der Waals surface area contributed by atoms with Gasteiger partial charge in [0.05, 0.1) is 0 Å². The minimum atomic E-state index is 0.269. The minimum absolute atomic E-state index is 0.269. The summed E-state index contributed by atoms with van der Waals surface area (Å²) < 4.78 is 0. The van der Waals surface area contributed by atoms with Gasteiger partial charge in [0.25, 0.3) is 0 Å². The number of aromatic nitrogens is 2. The summed E-state index contributed by atoms with van der Waals surface area (Å²) in [6.45, 7) is 2.95. The Morgan fingerprint density at radius 1 is 1.24 bits per heavy atom. The third-order valence-electron chi connectivity index (χ3n) is 2.59. The average Bonchev–Trinajstić information content (AvgIpc) is 2.32. The van der Waals surface area contributed by atoms with Crippen LogP contribution in [0.3, 0.4) is 0 Å². The lowest BCUT2D eigenvalue weighted by Gasteiger charge is -2.07. The topological polar surface area (TPSA) is 37.8 Å². The van der Waals surface area contributed by atoms with Crippen molar-refractivity contribution in [3.8, 4) is 0 Å². The molecule has 0 saturated heterocycles. The van der Waals surface area contributed by atoms with Gasteiger partial charge in [0.2, 0.25) is 5.28 Å². The highest BCUT2D eigenvalue weighted by molar-refractivity contribution is 6.28. The monoisotopic (exact) mass is 247 g/mol. The molecule has 17 heavy (non-hydrogen) atoms. The fourth-order valence-electron chi connectivity index (χ4n) is 1.65. The fraction of sp³-hybridized carbons (Fsp3) is 0.231. The SMILES string of the molecule is Cc1ccccc1CCNc1ccnc(Cl)n1. The summed E-state index contributed by atoms with van der Waals surface area (Å²) >= 11 is 5.70. The van der Waals surface area contributed by atoms with Crippen LogP contribution in [-0.2, 0) is 6.42 Å². The van der Waals surface area contributed by atoms with Crippen LogP contribution in [0.25, 0.3) is 0 Å². The normalized spacial score (nSPS) is 10.2. The molecule has 1 N–H and O–H groups in total. The second-order valence-electron chi connectivity index (χ2n) is 3.81. The molecule has 0 saturated carbocycles. The minimum Gasteiger partial charge on any atom is -0.370 e. The second kappa shape index (κ2) is 5.64. The molecule has 4 heteroatoms. The summed E-state index contributed by atoms with van der Waals surface area (Å²) in [5.74, 6) is 0.763. The molecule has 0 fully saturated rings. The van der Waals surface area contributed by atoms with E-state index < -0.39 is 0 Å². The number of hydrogen-bond donors (Lipinski definition) is 1. The zero-order chi connectivity index (χ0) is 12.1. The molecule has 1 aromatic heterocycles. The molecule has 0 amide bonds. The third kappa shape index (κ3) is 3.43. The number of benzene rings is 1. The molecule has 0 radical (unpaired) electrons. The smallest absolute Gasteiger partial charge is 0.224 e. The lowest BCUT2D eigenvalue weighted by molar-refractivity contribution is 0.988. The number of anilines is 1. The Labute approximate surface area is 106 Å². The van der Waals surface area contributed by atoms with E-state index in [1.165, 1.54) is 11.1 Å². The fourth-order valence-corrected chi connectivity index (χ4v) is 1.80. The van der Waals surface area contributed by atoms with Gasteiger partial charge in [-0.25, -0.2) is 9.97 Å². The van der Waals surface area contributed by atoms with Crippen LogP contribution in [0.4, 0.5) is 5.82 Å². The van der Waals surface area contributed by atoms with Crippen molar-refractivity contribution < 1.29 is 0 Å². The number of aryl methyl sites for hydroxylation is 1. The molecule has 3 nitrogen and oxygen atoms in total. The summed E-state index contributed by atoms with van der Waals surface area (Å²) in [6, 6.07) is 10.2. The molecule has 0 unspecified atom stereocenters. The highest BCUT2D eigenvalue weighted by Gasteiger charge is 1.98. The Morgan fingerprint density at radius 3 is 2.82 bits per heavy atom. The molecule has 0 atom stereocenters. The third-order valence-corrected chi connectivity index (χ3v) is 2.77. The van der Waals surface area contributed by atoms with Gasteiger partial charge < -0.3 is 5.32 Å². The van der Waals surface area contributed by atoms with Crippen LogP contribution in [0.5, 0.6) is 0 Å². The summed E-state index contributed by atoms with van der Waals surface area (Å²) in [5, 5.41) is 3.49. The van der Waals surface area contributed by atoms with Crippen LogP contribution >= 0.6 is 11.6 Å². The Balaban J connectivity index is 1.90. The summed E-state index contributed by atoms with van der Waals surface area (Å²) in [6.07, 6.45) is 2.61. The van der Waals surface area contributed by atoms with E-state index >= 15 is 0 Å². The second-order valence-corrected chi connectivity index (χ2v) is 4.15. The molecule has 1 aromatic carbocycles. The summed E-state index contributed by atoms with van der Waals surface area (Å²) in [5.41, 5.74) is 2.66. The Bertz CT molecular complexity index is 500. The first-order valence-corrected chi connectivity index (χ1v) is 5.90.